The molecule has 0 bridgehead atoms. The second-order valence-electron chi connectivity index (χ2n) is 4.54. The van der Waals surface area contributed by atoms with Gasteiger partial charge in [0.2, 0.25) is 0 Å². The highest BCUT2D eigenvalue weighted by Crippen LogP contribution is 2.25. The Labute approximate surface area is 125 Å². The third-order valence-electron chi connectivity index (χ3n) is 3.11. The van der Waals surface area contributed by atoms with Gasteiger partial charge in [0.05, 0.1) is 4.88 Å². The third kappa shape index (κ3) is 3.22. The van der Waals surface area contributed by atoms with Crippen LogP contribution in [0.4, 0.5) is 5.69 Å². The number of aryl methyl sites for hydroxylation is 2. The van der Waals surface area contributed by atoms with Crippen LogP contribution >= 0.6 is 11.3 Å². The second-order valence-corrected chi connectivity index (χ2v) is 5.79. The van der Waals surface area contributed by atoms with Gasteiger partial charge in [-0.25, -0.2) is 4.79 Å². The summed E-state index contributed by atoms with van der Waals surface area (Å²) in [6.07, 6.45) is 0.865. The summed E-state index contributed by atoms with van der Waals surface area (Å²) in [6.45, 7) is 3.99. The predicted molar refractivity (Wildman–Crippen MR) is 81.5 cm³/mol. The van der Waals surface area contributed by atoms with Crippen LogP contribution in [-0.4, -0.2) is 22.1 Å². The Bertz CT molecular complexity index is 706. The summed E-state index contributed by atoms with van der Waals surface area (Å²) in [5.74, 6) is -1.87. The van der Waals surface area contributed by atoms with Crippen LogP contribution in [0.15, 0.2) is 24.3 Å². The molecule has 0 unspecified atom stereocenters. The van der Waals surface area contributed by atoms with Gasteiger partial charge in [0.15, 0.2) is 0 Å². The van der Waals surface area contributed by atoms with Crippen molar-refractivity contribution < 1.29 is 19.8 Å². The number of aromatic carboxylic acids is 1. The number of benzene rings is 1. The standard InChI is InChI=1S/C15H15NO4S/c1-3-9-6-13(21-8(9)2)14(18)16-10-4-5-11(15(19)20)12(17)7-10/h4-7,17H,3H2,1-2H3,(H,16,18)(H,19,20). The highest BCUT2D eigenvalue weighted by Gasteiger charge is 2.14. The molecule has 0 saturated carbocycles. The Balaban J connectivity index is 2.19. The van der Waals surface area contributed by atoms with E-state index in [9.17, 15) is 14.7 Å². The number of thiophene rings is 1. The van der Waals surface area contributed by atoms with Crippen LogP contribution in [0.5, 0.6) is 5.75 Å². The number of hydrogen-bond acceptors (Lipinski definition) is 4. The summed E-state index contributed by atoms with van der Waals surface area (Å²) in [6, 6.07) is 5.77. The van der Waals surface area contributed by atoms with Crippen molar-refractivity contribution in [2.24, 2.45) is 0 Å². The maximum Gasteiger partial charge on any atom is 0.339 e. The van der Waals surface area contributed by atoms with Gasteiger partial charge in [0.1, 0.15) is 11.3 Å². The minimum absolute atomic E-state index is 0.201. The molecule has 0 aliphatic heterocycles. The molecule has 0 aliphatic rings. The van der Waals surface area contributed by atoms with Crippen molar-refractivity contribution >= 4 is 28.9 Å². The molecular formula is C15H15NO4S. The fourth-order valence-electron chi connectivity index (χ4n) is 1.97. The molecule has 0 aliphatic carbocycles. The van der Waals surface area contributed by atoms with Crippen LogP contribution in [0.2, 0.25) is 0 Å². The fourth-order valence-corrected chi connectivity index (χ4v) is 2.97. The Hall–Kier alpha value is -2.34. The molecule has 6 heteroatoms. The van der Waals surface area contributed by atoms with E-state index in [0.29, 0.717) is 10.6 Å². The van der Waals surface area contributed by atoms with E-state index in [1.807, 2.05) is 19.9 Å². The van der Waals surface area contributed by atoms with E-state index in [1.165, 1.54) is 29.5 Å². The lowest BCUT2D eigenvalue weighted by molar-refractivity contribution is 0.0693. The summed E-state index contributed by atoms with van der Waals surface area (Å²) in [5, 5.41) is 21.1. The molecule has 5 nitrogen and oxygen atoms in total. The quantitative estimate of drug-likeness (QED) is 0.809. The maximum absolute atomic E-state index is 12.1. The molecule has 1 heterocycles. The molecule has 21 heavy (non-hydrogen) atoms. The van der Waals surface area contributed by atoms with Crippen LogP contribution in [0.1, 0.15) is 37.4 Å². The van der Waals surface area contributed by atoms with Gasteiger partial charge in [-0.1, -0.05) is 6.92 Å². The number of rotatable bonds is 4. The number of carboxylic acids is 1. The Morgan fingerprint density at radius 3 is 2.52 bits per heavy atom. The number of carbonyl (C=O) groups excluding carboxylic acids is 1. The smallest absolute Gasteiger partial charge is 0.339 e. The van der Waals surface area contributed by atoms with Gasteiger partial charge < -0.3 is 15.5 Å². The van der Waals surface area contributed by atoms with Crippen molar-refractivity contribution in [3.8, 4) is 5.75 Å². The van der Waals surface area contributed by atoms with Gasteiger partial charge in [-0.05, 0) is 37.1 Å². The van der Waals surface area contributed by atoms with Crippen LogP contribution in [-0.2, 0) is 6.42 Å². The topological polar surface area (TPSA) is 86.6 Å². The first-order chi connectivity index (χ1) is 9.92. The molecule has 0 radical (unpaired) electrons. The number of phenols is 1. The van der Waals surface area contributed by atoms with E-state index in [-0.39, 0.29) is 17.2 Å². The average Bonchev–Trinajstić information content (AvgIpc) is 2.79. The molecule has 3 N–H and O–H groups in total. The third-order valence-corrected chi connectivity index (χ3v) is 4.20. The molecule has 0 spiro atoms. The number of carbonyl (C=O) groups is 2. The molecule has 2 rings (SSSR count). The predicted octanol–water partition coefficient (Wildman–Crippen LogP) is 3.28. The zero-order chi connectivity index (χ0) is 15.6. The molecule has 110 valence electrons. The maximum atomic E-state index is 12.1. The number of nitrogens with one attached hydrogen (secondary N) is 1. The first-order valence-corrected chi connectivity index (χ1v) is 7.21. The van der Waals surface area contributed by atoms with E-state index in [0.717, 1.165) is 16.9 Å². The SMILES string of the molecule is CCc1cc(C(=O)Nc2ccc(C(=O)O)c(O)c2)sc1C. The Morgan fingerprint density at radius 2 is 2.00 bits per heavy atom. The van der Waals surface area contributed by atoms with Gasteiger partial charge in [-0.2, -0.15) is 0 Å². The van der Waals surface area contributed by atoms with E-state index in [1.54, 1.807) is 0 Å². The lowest BCUT2D eigenvalue weighted by atomic mass is 10.1. The van der Waals surface area contributed by atoms with Crippen molar-refractivity contribution in [3.05, 3.63) is 45.1 Å². The molecular weight excluding hydrogens is 290 g/mol. The second kappa shape index (κ2) is 5.97. The van der Waals surface area contributed by atoms with Crippen molar-refractivity contribution in [1.29, 1.82) is 0 Å². The number of aromatic hydroxyl groups is 1. The summed E-state index contributed by atoms with van der Waals surface area (Å²) in [4.78, 5) is 24.6. The van der Waals surface area contributed by atoms with Crippen LogP contribution < -0.4 is 5.32 Å². The lowest BCUT2D eigenvalue weighted by Gasteiger charge is -2.05. The zero-order valence-electron chi connectivity index (χ0n) is 11.6. The lowest BCUT2D eigenvalue weighted by Crippen LogP contribution is -2.10. The van der Waals surface area contributed by atoms with Gasteiger partial charge in [-0.3, -0.25) is 4.79 Å². The average molecular weight is 305 g/mol. The van der Waals surface area contributed by atoms with Gasteiger partial charge in [-0.15, -0.1) is 11.3 Å². The number of carboxylic acid groups (broad SMARTS) is 1. The van der Waals surface area contributed by atoms with E-state index < -0.39 is 5.97 Å². The Kier molecular flexibility index (Phi) is 4.28. The van der Waals surface area contributed by atoms with E-state index in [4.69, 9.17) is 5.11 Å². The van der Waals surface area contributed by atoms with Gasteiger partial charge in [0, 0.05) is 16.6 Å². The summed E-state index contributed by atoms with van der Waals surface area (Å²) < 4.78 is 0. The molecule has 0 fully saturated rings. The van der Waals surface area contributed by atoms with Gasteiger partial charge in [0.25, 0.3) is 5.91 Å². The normalized spacial score (nSPS) is 10.4. The van der Waals surface area contributed by atoms with E-state index >= 15 is 0 Å². The highest BCUT2D eigenvalue weighted by molar-refractivity contribution is 7.14. The summed E-state index contributed by atoms with van der Waals surface area (Å²) >= 11 is 1.41. The molecule has 0 saturated heterocycles. The molecule has 2 aromatic rings. The minimum atomic E-state index is -1.22. The van der Waals surface area contributed by atoms with Crippen molar-refractivity contribution in [3.63, 3.8) is 0 Å². The molecule has 1 aromatic heterocycles. The fraction of sp³-hybridized carbons (Fsp3) is 0.200. The van der Waals surface area contributed by atoms with Gasteiger partial charge >= 0.3 is 5.97 Å². The van der Waals surface area contributed by atoms with Crippen LogP contribution in [0.25, 0.3) is 0 Å². The number of anilines is 1. The molecule has 1 aromatic carbocycles. The number of hydrogen-bond donors (Lipinski definition) is 3. The number of amides is 1. The first kappa shape index (κ1) is 15.1. The zero-order valence-corrected chi connectivity index (χ0v) is 12.5. The summed E-state index contributed by atoms with van der Waals surface area (Å²) in [7, 11) is 0. The highest BCUT2D eigenvalue weighted by atomic mass is 32.1. The van der Waals surface area contributed by atoms with Crippen molar-refractivity contribution in [1.82, 2.24) is 0 Å². The largest absolute Gasteiger partial charge is 0.507 e. The van der Waals surface area contributed by atoms with Crippen LogP contribution in [0, 0.1) is 6.92 Å². The molecule has 1 amide bonds. The molecule has 0 atom stereocenters. The van der Waals surface area contributed by atoms with Crippen LogP contribution in [0.3, 0.4) is 0 Å². The van der Waals surface area contributed by atoms with E-state index in [2.05, 4.69) is 5.32 Å². The van der Waals surface area contributed by atoms with Crippen molar-refractivity contribution in [2.45, 2.75) is 20.3 Å². The van der Waals surface area contributed by atoms with Crippen molar-refractivity contribution in [2.75, 3.05) is 5.32 Å². The minimum Gasteiger partial charge on any atom is -0.507 e. The Morgan fingerprint density at radius 1 is 1.29 bits per heavy atom. The summed E-state index contributed by atoms with van der Waals surface area (Å²) in [5.41, 5.74) is 1.29. The monoisotopic (exact) mass is 305 g/mol. The first-order valence-electron chi connectivity index (χ1n) is 6.39.